The molecule has 0 radical (unpaired) electrons. The molecule has 6 aromatic rings. The molecule has 0 bridgehead atoms. The Balaban J connectivity index is 1.45. The fourth-order valence-corrected chi connectivity index (χ4v) is 7.03. The van der Waals surface area contributed by atoms with Gasteiger partial charge in [-0.2, -0.15) is 5.10 Å². The van der Waals surface area contributed by atoms with E-state index in [1.807, 2.05) is 110 Å². The van der Waals surface area contributed by atoms with E-state index >= 15 is 4.39 Å². The number of benzene rings is 4. The molecule has 49 heavy (non-hydrogen) atoms. The van der Waals surface area contributed by atoms with Gasteiger partial charge in [0.2, 0.25) is 0 Å². The molecule has 0 spiro atoms. The third-order valence-electron chi connectivity index (χ3n) is 10.4. The number of halogens is 2. The zero-order valence-electron chi connectivity index (χ0n) is 28.0. The first-order chi connectivity index (χ1) is 23.6. The molecule has 0 aliphatic carbocycles. The molecule has 2 aromatic heterocycles. The quantitative estimate of drug-likeness (QED) is 0.132. The molecule has 8 rings (SSSR count). The molecule has 4 heterocycles. The highest BCUT2D eigenvalue weighted by molar-refractivity contribution is 6.62. The molecule has 9 heteroatoms. The summed E-state index contributed by atoms with van der Waals surface area (Å²) in [6, 6.07) is 37.8. The molecule has 2 aliphatic heterocycles. The largest absolute Gasteiger partial charge is 0.497 e. The van der Waals surface area contributed by atoms with Crippen molar-refractivity contribution in [3.05, 3.63) is 144 Å². The maximum absolute atomic E-state index is 16.7. The Morgan fingerprint density at radius 3 is 1.80 bits per heavy atom. The standard InChI is InChI=1S/C40H37BF2N4O2/c1-38(2)39(3,4)49-41(48-38)33-23-32-35(24-34(33)43)47(45-37(32)27-20-21-44-36(22-27)46-25-31(42)26-46)40(28-14-8-5-9-15-28,29-16-10-6-11-17-29)30-18-12-7-13-19-30/h5-24,31H,25-26H2,1-4H3. The Morgan fingerprint density at radius 1 is 0.755 bits per heavy atom. The maximum Gasteiger partial charge on any atom is 0.497 e. The van der Waals surface area contributed by atoms with Crippen LogP contribution in [0.3, 0.4) is 0 Å². The molecule has 2 fully saturated rings. The van der Waals surface area contributed by atoms with Crippen LogP contribution in [0.1, 0.15) is 44.4 Å². The average Bonchev–Trinajstić information content (AvgIpc) is 3.56. The second-order valence-corrected chi connectivity index (χ2v) is 14.0. The second-order valence-electron chi connectivity index (χ2n) is 14.0. The van der Waals surface area contributed by atoms with Crippen LogP contribution in [-0.4, -0.2) is 52.3 Å². The zero-order valence-corrected chi connectivity index (χ0v) is 28.0. The Labute approximate surface area is 285 Å². The second kappa shape index (κ2) is 11.6. The highest BCUT2D eigenvalue weighted by Crippen LogP contribution is 2.45. The summed E-state index contributed by atoms with van der Waals surface area (Å²) in [5.41, 5.74) is 2.90. The third-order valence-corrected chi connectivity index (χ3v) is 10.4. The smallest absolute Gasteiger partial charge is 0.399 e. The molecule has 0 saturated carbocycles. The molecule has 246 valence electrons. The van der Waals surface area contributed by atoms with E-state index in [4.69, 9.17) is 14.4 Å². The predicted octanol–water partition coefficient (Wildman–Crippen LogP) is 7.53. The van der Waals surface area contributed by atoms with Gasteiger partial charge in [0.05, 0.1) is 29.8 Å². The van der Waals surface area contributed by atoms with E-state index < -0.39 is 35.8 Å². The van der Waals surface area contributed by atoms with Crippen LogP contribution in [0.15, 0.2) is 121 Å². The van der Waals surface area contributed by atoms with Crippen LogP contribution in [0.5, 0.6) is 0 Å². The van der Waals surface area contributed by atoms with Crippen LogP contribution in [0.4, 0.5) is 14.6 Å². The van der Waals surface area contributed by atoms with E-state index in [9.17, 15) is 4.39 Å². The number of aromatic nitrogens is 3. The third kappa shape index (κ3) is 5.06. The first-order valence-electron chi connectivity index (χ1n) is 16.7. The first-order valence-corrected chi connectivity index (χ1v) is 16.7. The lowest BCUT2D eigenvalue weighted by atomic mass is 9.76. The van der Waals surface area contributed by atoms with Gasteiger partial charge in [0.15, 0.2) is 0 Å². The van der Waals surface area contributed by atoms with Crippen molar-refractivity contribution in [2.75, 3.05) is 18.0 Å². The number of rotatable bonds is 7. The van der Waals surface area contributed by atoms with Crippen LogP contribution >= 0.6 is 0 Å². The van der Waals surface area contributed by atoms with Crippen molar-refractivity contribution in [3.8, 4) is 11.3 Å². The van der Waals surface area contributed by atoms with E-state index in [-0.39, 0.29) is 0 Å². The van der Waals surface area contributed by atoms with Crippen molar-refractivity contribution in [1.82, 2.24) is 14.8 Å². The minimum atomic E-state index is -0.993. The van der Waals surface area contributed by atoms with Crippen molar-refractivity contribution >= 4 is 29.3 Å². The molecule has 0 atom stereocenters. The SMILES string of the molecule is CC1(C)OB(c2cc3c(-c4ccnc(N5CC(F)C5)c4)nn(C(c4ccccc4)(c4ccccc4)c4ccccc4)c3cc2F)OC1(C)C. The summed E-state index contributed by atoms with van der Waals surface area (Å²) >= 11 is 0. The van der Waals surface area contributed by atoms with Crippen molar-refractivity contribution in [2.45, 2.75) is 50.6 Å². The summed E-state index contributed by atoms with van der Waals surface area (Å²) in [6.07, 6.45) is 0.845. The van der Waals surface area contributed by atoms with Crippen LogP contribution in [-0.2, 0) is 14.8 Å². The zero-order chi connectivity index (χ0) is 34.0. The van der Waals surface area contributed by atoms with Crippen LogP contribution in [0, 0.1) is 5.82 Å². The summed E-state index contributed by atoms with van der Waals surface area (Å²) in [6.45, 7) is 8.41. The van der Waals surface area contributed by atoms with Gasteiger partial charge < -0.3 is 14.2 Å². The van der Waals surface area contributed by atoms with E-state index in [1.54, 1.807) is 12.3 Å². The highest BCUT2D eigenvalue weighted by atomic mass is 19.1. The van der Waals surface area contributed by atoms with Gasteiger partial charge in [-0.1, -0.05) is 91.0 Å². The summed E-state index contributed by atoms with van der Waals surface area (Å²) in [4.78, 5) is 6.46. The summed E-state index contributed by atoms with van der Waals surface area (Å²) in [5.74, 6) is 0.217. The Hall–Kier alpha value is -4.86. The van der Waals surface area contributed by atoms with E-state index in [0.717, 1.165) is 27.6 Å². The number of nitrogens with zero attached hydrogens (tertiary/aromatic N) is 4. The monoisotopic (exact) mass is 654 g/mol. The molecule has 4 aromatic carbocycles. The molecule has 0 amide bonds. The molecular weight excluding hydrogens is 617 g/mol. The number of alkyl halides is 1. The van der Waals surface area contributed by atoms with Gasteiger partial charge >= 0.3 is 7.12 Å². The van der Waals surface area contributed by atoms with Gasteiger partial charge in [-0.25, -0.2) is 18.4 Å². The van der Waals surface area contributed by atoms with Crippen LogP contribution < -0.4 is 10.4 Å². The lowest BCUT2D eigenvalue weighted by Crippen LogP contribution is -2.48. The molecule has 6 nitrogen and oxygen atoms in total. The normalized spacial score (nSPS) is 17.4. The summed E-state index contributed by atoms with van der Waals surface area (Å²) in [5, 5.41) is 6.16. The van der Waals surface area contributed by atoms with Crippen LogP contribution in [0.2, 0.25) is 0 Å². The topological polar surface area (TPSA) is 52.4 Å². The van der Waals surface area contributed by atoms with Gasteiger partial charge in [0, 0.05) is 22.6 Å². The van der Waals surface area contributed by atoms with Gasteiger partial charge in [-0.15, -0.1) is 0 Å². The van der Waals surface area contributed by atoms with Gasteiger partial charge in [-0.05, 0) is 68.7 Å². The Bertz CT molecular complexity index is 2020. The summed E-state index contributed by atoms with van der Waals surface area (Å²) in [7, 11) is -0.914. The van der Waals surface area contributed by atoms with Crippen LogP contribution in [0.25, 0.3) is 22.2 Å². The fraction of sp³-hybridized carbons (Fsp3) is 0.250. The lowest BCUT2D eigenvalue weighted by molar-refractivity contribution is 0.00578. The summed E-state index contributed by atoms with van der Waals surface area (Å²) < 4.78 is 45.2. The van der Waals surface area contributed by atoms with Gasteiger partial charge in [0.25, 0.3) is 0 Å². The minimum absolute atomic E-state index is 0.294. The minimum Gasteiger partial charge on any atom is -0.399 e. The van der Waals surface area contributed by atoms with E-state index in [1.165, 1.54) is 0 Å². The molecule has 0 unspecified atom stereocenters. The number of hydrogen-bond acceptors (Lipinski definition) is 5. The van der Waals surface area contributed by atoms with Gasteiger partial charge in [0.1, 0.15) is 29.0 Å². The van der Waals surface area contributed by atoms with E-state index in [0.29, 0.717) is 35.6 Å². The van der Waals surface area contributed by atoms with Crippen molar-refractivity contribution in [3.63, 3.8) is 0 Å². The highest BCUT2D eigenvalue weighted by Gasteiger charge is 2.53. The lowest BCUT2D eigenvalue weighted by Gasteiger charge is -2.37. The first kappa shape index (κ1) is 31.4. The van der Waals surface area contributed by atoms with Crippen molar-refractivity contribution in [2.24, 2.45) is 0 Å². The average molecular weight is 655 g/mol. The van der Waals surface area contributed by atoms with Gasteiger partial charge in [-0.3, -0.25) is 0 Å². The Morgan fingerprint density at radius 2 is 1.29 bits per heavy atom. The fourth-order valence-electron chi connectivity index (χ4n) is 7.03. The molecular formula is C40H37BF2N4O2. The maximum atomic E-state index is 16.7. The molecule has 0 N–H and O–H groups in total. The Kier molecular flexibility index (Phi) is 7.46. The molecule has 2 aliphatic rings. The molecule has 2 saturated heterocycles. The van der Waals surface area contributed by atoms with Crippen molar-refractivity contribution in [1.29, 1.82) is 0 Å². The number of hydrogen-bond donors (Lipinski definition) is 0. The van der Waals surface area contributed by atoms with Crippen molar-refractivity contribution < 1.29 is 18.1 Å². The number of anilines is 1. The number of pyridine rings is 1. The number of fused-ring (bicyclic) bond motifs is 1. The predicted molar refractivity (Wildman–Crippen MR) is 190 cm³/mol. The van der Waals surface area contributed by atoms with E-state index in [2.05, 4.69) is 41.4 Å².